The molecule has 0 radical (unpaired) electrons. The Morgan fingerprint density at radius 2 is 2.00 bits per heavy atom. The highest BCUT2D eigenvalue weighted by atomic mass is 16.7. The van der Waals surface area contributed by atoms with Crippen LogP contribution in [-0.2, 0) is 0 Å². The second-order valence-electron chi connectivity index (χ2n) is 6.19. The SMILES string of the molecule is CCCCC[C@H](CC(=O)c1ccoc1)N1CC([N+](=O)[O-])([N+](=O)[O-])C1. The minimum Gasteiger partial charge on any atom is -0.472 e. The Balaban J connectivity index is 2.03. The third-order valence-corrected chi connectivity index (χ3v) is 4.51. The zero-order chi connectivity index (χ0) is 17.7. The summed E-state index contributed by atoms with van der Waals surface area (Å²) in [5.74, 6) is -0.120. The Bertz CT molecular complexity index is 578. The van der Waals surface area contributed by atoms with Crippen LogP contribution in [0.15, 0.2) is 23.0 Å². The molecule has 1 aromatic rings. The molecule has 0 N–H and O–H groups in total. The molecule has 0 unspecified atom stereocenters. The van der Waals surface area contributed by atoms with Crippen LogP contribution in [0.1, 0.15) is 49.4 Å². The summed E-state index contributed by atoms with van der Waals surface area (Å²) in [5.41, 5.74) is -1.69. The van der Waals surface area contributed by atoms with Gasteiger partial charge in [0.05, 0.1) is 11.8 Å². The fourth-order valence-corrected chi connectivity index (χ4v) is 2.96. The first-order chi connectivity index (χ1) is 11.4. The van der Waals surface area contributed by atoms with E-state index >= 15 is 0 Å². The van der Waals surface area contributed by atoms with Crippen molar-refractivity contribution < 1.29 is 19.1 Å². The van der Waals surface area contributed by atoms with Gasteiger partial charge in [-0.25, -0.2) is 0 Å². The Morgan fingerprint density at radius 1 is 1.33 bits per heavy atom. The van der Waals surface area contributed by atoms with E-state index in [4.69, 9.17) is 4.42 Å². The van der Waals surface area contributed by atoms with Gasteiger partial charge in [0.25, 0.3) is 0 Å². The van der Waals surface area contributed by atoms with Gasteiger partial charge in [-0.1, -0.05) is 26.2 Å². The van der Waals surface area contributed by atoms with E-state index in [1.165, 1.54) is 12.5 Å². The first-order valence-electron chi connectivity index (χ1n) is 7.99. The van der Waals surface area contributed by atoms with Crippen LogP contribution in [0.25, 0.3) is 0 Å². The van der Waals surface area contributed by atoms with Crippen LogP contribution in [0.4, 0.5) is 0 Å². The highest BCUT2D eigenvalue weighted by Crippen LogP contribution is 2.30. The van der Waals surface area contributed by atoms with Crippen molar-refractivity contribution in [1.82, 2.24) is 4.90 Å². The minimum absolute atomic E-state index is 0.120. The topological polar surface area (TPSA) is 120 Å². The van der Waals surface area contributed by atoms with Gasteiger partial charge in [0, 0.05) is 12.5 Å². The van der Waals surface area contributed by atoms with Crippen molar-refractivity contribution in [3.8, 4) is 0 Å². The van der Waals surface area contributed by atoms with Crippen LogP contribution in [-0.4, -0.2) is 45.3 Å². The molecular formula is C15H21N3O6. The van der Waals surface area contributed by atoms with Crippen molar-refractivity contribution in [1.29, 1.82) is 0 Å². The maximum absolute atomic E-state index is 12.3. The van der Waals surface area contributed by atoms with Crippen LogP contribution < -0.4 is 0 Å². The standard InChI is InChI=1S/C15H21N3O6/c1-2-3-4-5-13(8-14(19)12-6-7-24-9-12)16-10-15(11-16,17(20)21)18(22)23/h6-7,9,13H,2-5,8,10-11H2,1H3/t13-/m1/s1. The van der Waals surface area contributed by atoms with Crippen LogP contribution >= 0.6 is 0 Å². The van der Waals surface area contributed by atoms with Crippen molar-refractivity contribution in [2.45, 2.75) is 50.7 Å². The molecule has 0 aliphatic carbocycles. The molecule has 9 heteroatoms. The molecule has 1 aliphatic heterocycles. The van der Waals surface area contributed by atoms with Crippen LogP contribution in [0, 0.1) is 20.2 Å². The Kier molecular flexibility index (Phi) is 5.66. The average molecular weight is 339 g/mol. The van der Waals surface area contributed by atoms with Gasteiger partial charge in [-0.05, 0) is 12.5 Å². The third kappa shape index (κ3) is 3.61. The van der Waals surface area contributed by atoms with E-state index in [0.717, 1.165) is 19.3 Å². The average Bonchev–Trinajstić information content (AvgIpc) is 2.99. The van der Waals surface area contributed by atoms with E-state index in [-0.39, 0.29) is 31.3 Å². The maximum Gasteiger partial charge on any atom is 0.482 e. The number of carbonyl (C=O) groups excluding carboxylic acids is 1. The number of ketones is 1. The summed E-state index contributed by atoms with van der Waals surface area (Å²) in [6.07, 6.45) is 6.50. The summed E-state index contributed by atoms with van der Waals surface area (Å²) < 4.78 is 4.90. The molecule has 2 rings (SSSR count). The molecule has 24 heavy (non-hydrogen) atoms. The number of unbranched alkanes of at least 4 members (excludes halogenated alkanes) is 2. The predicted octanol–water partition coefficient (Wildman–Crippen LogP) is 2.37. The van der Waals surface area contributed by atoms with E-state index in [9.17, 15) is 25.0 Å². The zero-order valence-corrected chi connectivity index (χ0v) is 13.6. The predicted molar refractivity (Wildman–Crippen MR) is 83.9 cm³/mol. The van der Waals surface area contributed by atoms with Gasteiger partial charge >= 0.3 is 5.66 Å². The van der Waals surface area contributed by atoms with Gasteiger partial charge in [-0.3, -0.25) is 29.9 Å². The molecule has 132 valence electrons. The lowest BCUT2D eigenvalue weighted by molar-refractivity contribution is -0.811. The molecule has 1 aromatic heterocycles. The number of hydrogen-bond acceptors (Lipinski definition) is 7. The highest BCUT2D eigenvalue weighted by Gasteiger charge is 2.67. The van der Waals surface area contributed by atoms with Crippen LogP contribution in [0.2, 0.25) is 0 Å². The number of Topliss-reactive ketones (excluding diaryl/α,β-unsaturated/α-hetero) is 1. The number of hydrogen-bond donors (Lipinski definition) is 0. The number of likely N-dealkylation sites (tertiary alicyclic amines) is 1. The van der Waals surface area contributed by atoms with E-state index in [1.54, 1.807) is 11.0 Å². The zero-order valence-electron chi connectivity index (χ0n) is 13.6. The van der Waals surface area contributed by atoms with Crippen LogP contribution in [0.3, 0.4) is 0 Å². The molecule has 0 aromatic carbocycles. The monoisotopic (exact) mass is 339 g/mol. The second-order valence-corrected chi connectivity index (χ2v) is 6.19. The first kappa shape index (κ1) is 18.1. The fraction of sp³-hybridized carbons (Fsp3) is 0.667. The van der Waals surface area contributed by atoms with Gasteiger partial charge in [-0.15, -0.1) is 0 Å². The van der Waals surface area contributed by atoms with Gasteiger partial charge in [0.15, 0.2) is 5.78 Å². The van der Waals surface area contributed by atoms with E-state index < -0.39 is 15.5 Å². The van der Waals surface area contributed by atoms with Gasteiger partial charge < -0.3 is 4.42 Å². The third-order valence-electron chi connectivity index (χ3n) is 4.51. The largest absolute Gasteiger partial charge is 0.482 e. The molecular weight excluding hydrogens is 318 g/mol. The van der Waals surface area contributed by atoms with Crippen molar-refractivity contribution in [2.24, 2.45) is 0 Å². The van der Waals surface area contributed by atoms with E-state index in [2.05, 4.69) is 6.92 Å². The quantitative estimate of drug-likeness (QED) is 0.211. The Morgan fingerprint density at radius 3 is 2.50 bits per heavy atom. The number of carbonyl (C=O) groups is 1. The smallest absolute Gasteiger partial charge is 0.472 e. The molecule has 1 aliphatic rings. The molecule has 1 saturated heterocycles. The lowest BCUT2D eigenvalue weighted by Gasteiger charge is -2.41. The molecule has 0 spiro atoms. The maximum atomic E-state index is 12.3. The van der Waals surface area contributed by atoms with Gasteiger partial charge in [-0.2, -0.15) is 0 Å². The fourth-order valence-electron chi connectivity index (χ4n) is 2.96. The summed E-state index contributed by atoms with van der Waals surface area (Å²) >= 11 is 0. The molecule has 1 fully saturated rings. The molecule has 0 bridgehead atoms. The minimum atomic E-state index is -2.14. The second kappa shape index (κ2) is 7.52. The van der Waals surface area contributed by atoms with Crippen molar-refractivity contribution in [3.63, 3.8) is 0 Å². The summed E-state index contributed by atoms with van der Waals surface area (Å²) in [5, 5.41) is 22.1. The van der Waals surface area contributed by atoms with Crippen molar-refractivity contribution in [3.05, 3.63) is 44.4 Å². The molecule has 9 nitrogen and oxygen atoms in total. The summed E-state index contributed by atoms with van der Waals surface area (Å²) in [4.78, 5) is 34.4. The van der Waals surface area contributed by atoms with Crippen molar-refractivity contribution >= 4 is 5.78 Å². The molecule has 0 saturated carbocycles. The Labute approximate surface area is 138 Å². The summed E-state index contributed by atoms with van der Waals surface area (Å²) in [6, 6.07) is 1.34. The first-order valence-corrected chi connectivity index (χ1v) is 7.99. The molecule has 0 amide bonds. The van der Waals surface area contributed by atoms with Crippen LogP contribution in [0.5, 0.6) is 0 Å². The summed E-state index contributed by atoms with van der Waals surface area (Å²) in [7, 11) is 0. The molecule has 2 heterocycles. The summed E-state index contributed by atoms with van der Waals surface area (Å²) in [6.45, 7) is 1.53. The number of furan rings is 1. The highest BCUT2D eigenvalue weighted by molar-refractivity contribution is 5.96. The number of nitro groups is 2. The van der Waals surface area contributed by atoms with Gasteiger partial charge in [0.1, 0.15) is 29.2 Å². The Hall–Kier alpha value is -2.29. The lowest BCUT2D eigenvalue weighted by Crippen LogP contribution is -2.72. The number of rotatable bonds is 10. The van der Waals surface area contributed by atoms with E-state index in [1.807, 2.05) is 0 Å². The number of nitrogens with zero attached hydrogens (tertiary/aromatic N) is 3. The lowest BCUT2D eigenvalue weighted by atomic mass is 9.92. The van der Waals surface area contributed by atoms with E-state index in [0.29, 0.717) is 12.0 Å². The molecule has 1 atom stereocenters. The van der Waals surface area contributed by atoms with Crippen molar-refractivity contribution in [2.75, 3.05) is 13.1 Å². The van der Waals surface area contributed by atoms with Gasteiger partial charge in [0.2, 0.25) is 0 Å². The normalized spacial score (nSPS) is 17.9.